The topological polar surface area (TPSA) is 65.5 Å². The largest absolute Gasteiger partial charge is 0.485 e. The molecule has 4 nitrogen and oxygen atoms in total. The van der Waals surface area contributed by atoms with E-state index in [-0.39, 0.29) is 12.0 Å². The van der Waals surface area contributed by atoms with E-state index in [1.54, 1.807) is 18.2 Å². The van der Waals surface area contributed by atoms with Gasteiger partial charge < -0.3 is 14.9 Å². The summed E-state index contributed by atoms with van der Waals surface area (Å²) in [6.45, 7) is 0.592. The van der Waals surface area contributed by atoms with Crippen molar-refractivity contribution in [3.05, 3.63) is 76.1 Å². The highest BCUT2D eigenvalue weighted by atomic mass is 16.5. The molecular weight excluding hydrogens is 266 g/mol. The van der Waals surface area contributed by atoms with Gasteiger partial charge in [0.1, 0.15) is 12.4 Å². The number of hydrogen-bond acceptors (Lipinski definition) is 4. The van der Waals surface area contributed by atoms with Crippen molar-refractivity contribution in [3.63, 3.8) is 0 Å². The Kier molecular flexibility index (Phi) is 3.71. The number of benzene rings is 2. The molecule has 0 amide bonds. The minimum absolute atomic E-state index is 0.109. The van der Waals surface area contributed by atoms with Gasteiger partial charge in [0.25, 0.3) is 0 Å². The van der Waals surface area contributed by atoms with Crippen LogP contribution in [0, 0.1) is 0 Å². The summed E-state index contributed by atoms with van der Waals surface area (Å²) in [5.41, 5.74) is 6.94. The fraction of sp³-hybridized carbons (Fsp3) is 0.118. The number of ether oxygens (including phenoxy) is 1. The summed E-state index contributed by atoms with van der Waals surface area (Å²) in [4.78, 5) is 12.0. The van der Waals surface area contributed by atoms with Crippen LogP contribution in [-0.2, 0) is 13.2 Å². The Labute approximate surface area is 121 Å². The summed E-state index contributed by atoms with van der Waals surface area (Å²) in [7, 11) is 0. The Balaban J connectivity index is 1.98. The zero-order valence-corrected chi connectivity index (χ0v) is 11.4. The second-order valence-corrected chi connectivity index (χ2v) is 4.69. The third-order valence-electron chi connectivity index (χ3n) is 3.21. The fourth-order valence-electron chi connectivity index (χ4n) is 2.15. The molecule has 0 saturated heterocycles. The molecule has 0 bridgehead atoms. The number of fused-ring (bicyclic) bond motifs is 1. The van der Waals surface area contributed by atoms with Crippen LogP contribution in [0.25, 0.3) is 11.0 Å². The number of hydrogen-bond donors (Lipinski definition) is 1. The van der Waals surface area contributed by atoms with Crippen LogP contribution in [0.3, 0.4) is 0 Å². The third-order valence-corrected chi connectivity index (χ3v) is 3.21. The van der Waals surface area contributed by atoms with Crippen LogP contribution in [0.15, 0.2) is 63.8 Å². The molecular formula is C17H15NO3. The van der Waals surface area contributed by atoms with Gasteiger partial charge >= 0.3 is 0 Å². The first-order chi connectivity index (χ1) is 10.3. The first kappa shape index (κ1) is 13.4. The van der Waals surface area contributed by atoms with E-state index in [1.165, 1.54) is 6.07 Å². The van der Waals surface area contributed by atoms with Gasteiger partial charge in [-0.2, -0.15) is 0 Å². The van der Waals surface area contributed by atoms with Crippen molar-refractivity contribution in [3.8, 4) is 5.75 Å². The minimum atomic E-state index is -0.109. The maximum Gasteiger partial charge on any atom is 0.193 e. The molecule has 0 aliphatic rings. The highest BCUT2D eigenvalue weighted by molar-refractivity contribution is 5.82. The van der Waals surface area contributed by atoms with Gasteiger partial charge in [0.15, 0.2) is 16.8 Å². The second-order valence-electron chi connectivity index (χ2n) is 4.69. The summed E-state index contributed by atoms with van der Waals surface area (Å²) in [5.74, 6) is 0.993. The number of nitrogens with two attached hydrogens (primary N) is 1. The van der Waals surface area contributed by atoms with Crippen molar-refractivity contribution in [2.24, 2.45) is 5.73 Å². The highest BCUT2D eigenvalue weighted by Crippen LogP contribution is 2.25. The molecule has 0 fully saturated rings. The highest BCUT2D eigenvalue weighted by Gasteiger charge is 2.09. The van der Waals surface area contributed by atoms with E-state index in [2.05, 4.69) is 0 Å². The molecule has 2 aromatic carbocycles. The molecule has 1 heterocycles. The summed E-state index contributed by atoms with van der Waals surface area (Å²) in [6.07, 6.45) is 0. The first-order valence-corrected chi connectivity index (χ1v) is 6.70. The Morgan fingerprint density at radius 2 is 1.86 bits per heavy atom. The maximum atomic E-state index is 12.0. The molecule has 3 aromatic rings. The van der Waals surface area contributed by atoms with Crippen molar-refractivity contribution in [1.82, 2.24) is 0 Å². The van der Waals surface area contributed by atoms with Gasteiger partial charge in [-0.3, -0.25) is 4.79 Å². The van der Waals surface area contributed by atoms with Crippen LogP contribution in [0.1, 0.15) is 11.3 Å². The lowest BCUT2D eigenvalue weighted by molar-refractivity contribution is 0.304. The zero-order chi connectivity index (χ0) is 14.7. The Hall–Kier alpha value is -2.59. The van der Waals surface area contributed by atoms with Gasteiger partial charge in [-0.05, 0) is 17.7 Å². The molecule has 0 aliphatic carbocycles. The van der Waals surface area contributed by atoms with Crippen LogP contribution in [-0.4, -0.2) is 0 Å². The molecule has 1 aromatic heterocycles. The van der Waals surface area contributed by atoms with Gasteiger partial charge in [-0.15, -0.1) is 0 Å². The van der Waals surface area contributed by atoms with Gasteiger partial charge in [0, 0.05) is 6.07 Å². The van der Waals surface area contributed by atoms with E-state index in [1.807, 2.05) is 30.3 Å². The Bertz CT molecular complexity index is 809. The molecule has 106 valence electrons. The molecule has 21 heavy (non-hydrogen) atoms. The van der Waals surface area contributed by atoms with Gasteiger partial charge in [-0.25, -0.2) is 0 Å². The van der Waals surface area contributed by atoms with E-state index in [0.717, 1.165) is 5.56 Å². The van der Waals surface area contributed by atoms with Crippen LogP contribution >= 0.6 is 0 Å². The van der Waals surface area contributed by atoms with Crippen molar-refractivity contribution < 1.29 is 9.15 Å². The van der Waals surface area contributed by atoms with E-state index in [4.69, 9.17) is 14.9 Å². The molecule has 0 saturated carbocycles. The zero-order valence-electron chi connectivity index (χ0n) is 11.4. The maximum absolute atomic E-state index is 12.0. The Morgan fingerprint density at radius 3 is 2.62 bits per heavy atom. The quantitative estimate of drug-likeness (QED) is 0.798. The van der Waals surface area contributed by atoms with E-state index < -0.39 is 0 Å². The van der Waals surface area contributed by atoms with Crippen molar-refractivity contribution in [2.75, 3.05) is 0 Å². The number of para-hydroxylation sites is 1. The lowest BCUT2D eigenvalue weighted by Gasteiger charge is -2.09. The summed E-state index contributed by atoms with van der Waals surface area (Å²) in [5, 5.41) is 0.498. The van der Waals surface area contributed by atoms with Gasteiger partial charge in [-0.1, -0.05) is 36.4 Å². The molecule has 0 atom stereocenters. The van der Waals surface area contributed by atoms with Crippen molar-refractivity contribution >= 4 is 11.0 Å². The summed E-state index contributed by atoms with van der Waals surface area (Å²) >= 11 is 0. The average Bonchev–Trinajstić information content (AvgIpc) is 2.54. The van der Waals surface area contributed by atoms with E-state index in [9.17, 15) is 4.79 Å². The van der Waals surface area contributed by atoms with Gasteiger partial charge in [0.05, 0.1) is 11.9 Å². The lowest BCUT2D eigenvalue weighted by Crippen LogP contribution is -2.06. The van der Waals surface area contributed by atoms with Crippen molar-refractivity contribution in [1.29, 1.82) is 0 Å². The summed E-state index contributed by atoms with van der Waals surface area (Å²) in [6, 6.07) is 16.5. The standard InChI is InChI=1S/C17H15NO3/c18-10-13-9-15(19)14-7-4-8-16(17(14)21-13)20-11-12-5-2-1-3-6-12/h1-9H,10-11,18H2. The fourth-order valence-corrected chi connectivity index (χ4v) is 2.15. The number of rotatable bonds is 4. The molecule has 0 radical (unpaired) electrons. The monoisotopic (exact) mass is 281 g/mol. The lowest BCUT2D eigenvalue weighted by atomic mass is 10.2. The predicted octanol–water partition coefficient (Wildman–Crippen LogP) is 2.83. The van der Waals surface area contributed by atoms with Crippen LogP contribution in [0.4, 0.5) is 0 Å². The molecule has 2 N–H and O–H groups in total. The molecule has 0 spiro atoms. The van der Waals surface area contributed by atoms with Gasteiger partial charge in [0.2, 0.25) is 0 Å². The average molecular weight is 281 g/mol. The smallest absolute Gasteiger partial charge is 0.193 e. The van der Waals surface area contributed by atoms with Crippen LogP contribution in [0.5, 0.6) is 5.75 Å². The normalized spacial score (nSPS) is 10.7. The molecule has 4 heteroatoms. The third kappa shape index (κ3) is 2.80. The molecule has 3 rings (SSSR count). The minimum Gasteiger partial charge on any atom is -0.485 e. The SMILES string of the molecule is NCc1cc(=O)c2cccc(OCc3ccccc3)c2o1. The predicted molar refractivity (Wildman–Crippen MR) is 81.1 cm³/mol. The second kappa shape index (κ2) is 5.81. The van der Waals surface area contributed by atoms with Crippen molar-refractivity contribution in [2.45, 2.75) is 13.2 Å². The van der Waals surface area contributed by atoms with E-state index in [0.29, 0.717) is 29.1 Å². The molecule has 0 unspecified atom stereocenters. The first-order valence-electron chi connectivity index (χ1n) is 6.70. The molecule has 0 aliphatic heterocycles. The van der Waals surface area contributed by atoms with E-state index >= 15 is 0 Å². The Morgan fingerprint density at radius 1 is 1.05 bits per heavy atom. The van der Waals surface area contributed by atoms with Crippen LogP contribution < -0.4 is 15.9 Å². The summed E-state index contributed by atoms with van der Waals surface area (Å²) < 4.78 is 11.4. The van der Waals surface area contributed by atoms with Crippen LogP contribution in [0.2, 0.25) is 0 Å².